The molecule has 10 rings (SSSR count). The number of rotatable bonds is 7. The second kappa shape index (κ2) is 14.6. The zero-order valence-electron chi connectivity index (χ0n) is 30.3. The van der Waals surface area contributed by atoms with Crippen LogP contribution in [0, 0.1) is 0 Å². The maximum Gasteiger partial charge on any atom is 0.166 e. The molecule has 9 aromatic rings. The van der Waals surface area contributed by atoms with E-state index in [1.807, 2.05) is 36.4 Å². The van der Waals surface area contributed by atoms with Crippen LogP contribution in [-0.2, 0) is 0 Å². The summed E-state index contributed by atoms with van der Waals surface area (Å²) in [5, 5.41) is 0. The molecule has 0 bridgehead atoms. The minimum atomic E-state index is 0.600. The van der Waals surface area contributed by atoms with Gasteiger partial charge in [0.2, 0.25) is 0 Å². The van der Waals surface area contributed by atoms with Crippen molar-refractivity contribution >= 4 is 28.8 Å². The Morgan fingerprint density at radius 1 is 0.286 bits per heavy atom. The topological polar surface area (TPSA) is 41.9 Å². The summed E-state index contributed by atoms with van der Waals surface area (Å²) in [7, 11) is 0. The van der Waals surface area contributed by atoms with Gasteiger partial charge in [-0.25, -0.2) is 15.0 Å². The SMILES string of the molecule is c1ccc(-c2ccc(-c3ccccc3)c(-c3ccc(N4c5ccccc5Sc5ccccc54)c(-c4nc(-c5ccccc5)nc(-c5ccccc5)n4)c3)c2)cc1. The van der Waals surface area contributed by atoms with Crippen LogP contribution < -0.4 is 4.90 Å². The van der Waals surface area contributed by atoms with Crippen LogP contribution in [0.3, 0.4) is 0 Å². The van der Waals surface area contributed by atoms with Crippen LogP contribution in [-0.4, -0.2) is 15.0 Å². The van der Waals surface area contributed by atoms with Crippen molar-refractivity contribution < 1.29 is 0 Å². The smallest absolute Gasteiger partial charge is 0.166 e. The molecule has 0 spiro atoms. The first kappa shape index (κ1) is 33.5. The van der Waals surface area contributed by atoms with E-state index in [2.05, 4.69) is 175 Å². The fraction of sp³-hybridized carbons (Fsp3) is 0. The Morgan fingerprint density at radius 2 is 0.732 bits per heavy atom. The van der Waals surface area contributed by atoms with Gasteiger partial charge in [0.1, 0.15) is 0 Å². The third-order valence-corrected chi connectivity index (χ3v) is 11.3. The van der Waals surface area contributed by atoms with Crippen LogP contribution in [0.25, 0.3) is 67.5 Å². The number of hydrogen-bond acceptors (Lipinski definition) is 5. The van der Waals surface area contributed by atoms with E-state index in [1.165, 1.54) is 15.4 Å². The van der Waals surface area contributed by atoms with Gasteiger partial charge in [0.15, 0.2) is 17.5 Å². The highest BCUT2D eigenvalue weighted by Gasteiger charge is 2.28. The van der Waals surface area contributed by atoms with Crippen molar-refractivity contribution in [3.05, 3.63) is 206 Å². The van der Waals surface area contributed by atoms with Gasteiger partial charge in [-0.05, 0) is 75.8 Å². The lowest BCUT2D eigenvalue weighted by Gasteiger charge is -2.34. The molecule has 5 heteroatoms. The van der Waals surface area contributed by atoms with Gasteiger partial charge in [0.05, 0.1) is 17.1 Å². The van der Waals surface area contributed by atoms with Crippen LogP contribution in [0.15, 0.2) is 216 Å². The number of benzene rings is 8. The average molecular weight is 735 g/mol. The molecule has 0 saturated heterocycles. The van der Waals surface area contributed by atoms with Gasteiger partial charge in [-0.3, -0.25) is 0 Å². The fourth-order valence-corrected chi connectivity index (χ4v) is 8.49. The first-order valence-electron chi connectivity index (χ1n) is 18.7. The van der Waals surface area contributed by atoms with Crippen molar-refractivity contribution in [2.75, 3.05) is 4.90 Å². The molecule has 1 aromatic heterocycles. The summed E-state index contributed by atoms with van der Waals surface area (Å²) >= 11 is 1.80. The Bertz CT molecular complexity index is 2720. The monoisotopic (exact) mass is 734 g/mol. The molecule has 4 nitrogen and oxygen atoms in total. The van der Waals surface area contributed by atoms with Gasteiger partial charge in [0, 0.05) is 26.5 Å². The number of fused-ring (bicyclic) bond motifs is 2. The van der Waals surface area contributed by atoms with E-state index < -0.39 is 0 Å². The van der Waals surface area contributed by atoms with Gasteiger partial charge in [-0.2, -0.15) is 0 Å². The van der Waals surface area contributed by atoms with Crippen molar-refractivity contribution in [3.8, 4) is 67.5 Å². The molecule has 0 amide bonds. The predicted octanol–water partition coefficient (Wildman–Crippen LogP) is 13.8. The maximum atomic E-state index is 5.29. The molecule has 0 N–H and O–H groups in total. The highest BCUT2D eigenvalue weighted by Crippen LogP contribution is 2.53. The van der Waals surface area contributed by atoms with Gasteiger partial charge < -0.3 is 4.90 Å². The average Bonchev–Trinajstić information content (AvgIpc) is 3.29. The van der Waals surface area contributed by atoms with Crippen molar-refractivity contribution in [1.82, 2.24) is 15.0 Å². The fourth-order valence-electron chi connectivity index (χ4n) is 7.43. The van der Waals surface area contributed by atoms with Gasteiger partial charge in [-0.15, -0.1) is 0 Å². The Hall–Kier alpha value is -7.08. The van der Waals surface area contributed by atoms with Gasteiger partial charge >= 0.3 is 0 Å². The van der Waals surface area contributed by atoms with Gasteiger partial charge in [-0.1, -0.05) is 176 Å². The van der Waals surface area contributed by atoms with Crippen molar-refractivity contribution in [3.63, 3.8) is 0 Å². The van der Waals surface area contributed by atoms with E-state index in [9.17, 15) is 0 Å². The highest BCUT2D eigenvalue weighted by atomic mass is 32.2. The standard InChI is InChI=1S/C51H34N4S/c1-5-17-35(18-6-1)39-29-31-41(36-19-7-2-8-20-36)42(33-39)40-30-32-44(55-45-25-13-15-27-47(45)56-48-28-16-14-26-46(48)55)43(34-40)51-53-49(37-21-9-3-10-22-37)52-50(54-51)38-23-11-4-12-24-38/h1-34H. The van der Waals surface area contributed by atoms with Crippen molar-refractivity contribution in [1.29, 1.82) is 0 Å². The van der Waals surface area contributed by atoms with Crippen molar-refractivity contribution in [2.45, 2.75) is 9.79 Å². The minimum Gasteiger partial charge on any atom is -0.307 e. The number of aromatic nitrogens is 3. The second-order valence-corrected chi connectivity index (χ2v) is 14.7. The number of anilines is 3. The highest BCUT2D eigenvalue weighted by molar-refractivity contribution is 7.99. The van der Waals surface area contributed by atoms with Crippen LogP contribution in [0.5, 0.6) is 0 Å². The normalized spacial score (nSPS) is 11.8. The summed E-state index contributed by atoms with van der Waals surface area (Å²) in [5.41, 5.74) is 12.8. The number of hydrogen-bond donors (Lipinski definition) is 0. The third-order valence-electron chi connectivity index (χ3n) is 10.1. The number of nitrogens with zero attached hydrogens (tertiary/aromatic N) is 4. The summed E-state index contributed by atoms with van der Waals surface area (Å²) in [6.07, 6.45) is 0. The maximum absolute atomic E-state index is 5.29. The lowest BCUT2D eigenvalue weighted by Crippen LogP contribution is -2.16. The lowest BCUT2D eigenvalue weighted by molar-refractivity contribution is 1.07. The summed E-state index contributed by atoms with van der Waals surface area (Å²) in [6, 6.07) is 72.3. The summed E-state index contributed by atoms with van der Waals surface area (Å²) in [5.74, 6) is 1.84. The molecule has 1 aliphatic rings. The van der Waals surface area contributed by atoms with Crippen LogP contribution in [0.2, 0.25) is 0 Å². The molecular weight excluding hydrogens is 701 g/mol. The van der Waals surface area contributed by atoms with Crippen LogP contribution >= 0.6 is 11.8 Å². The van der Waals surface area contributed by atoms with E-state index in [1.54, 1.807) is 11.8 Å². The molecular formula is C51H34N4S. The third kappa shape index (κ3) is 6.34. The molecule has 56 heavy (non-hydrogen) atoms. The molecule has 8 aromatic carbocycles. The molecule has 264 valence electrons. The molecule has 0 aliphatic carbocycles. The Morgan fingerprint density at radius 3 is 1.30 bits per heavy atom. The Balaban J connectivity index is 1.27. The summed E-state index contributed by atoms with van der Waals surface area (Å²) < 4.78 is 0. The second-order valence-electron chi connectivity index (χ2n) is 13.6. The first-order valence-corrected chi connectivity index (χ1v) is 19.5. The number of para-hydroxylation sites is 2. The van der Waals surface area contributed by atoms with Crippen LogP contribution in [0.1, 0.15) is 0 Å². The quantitative estimate of drug-likeness (QED) is 0.163. The van der Waals surface area contributed by atoms with E-state index >= 15 is 0 Å². The predicted molar refractivity (Wildman–Crippen MR) is 231 cm³/mol. The van der Waals surface area contributed by atoms with Crippen LogP contribution in [0.4, 0.5) is 17.1 Å². The van der Waals surface area contributed by atoms with Crippen molar-refractivity contribution in [2.24, 2.45) is 0 Å². The zero-order valence-corrected chi connectivity index (χ0v) is 31.1. The molecule has 0 saturated carbocycles. The van der Waals surface area contributed by atoms with E-state index in [0.717, 1.165) is 61.6 Å². The van der Waals surface area contributed by atoms with E-state index in [0.29, 0.717) is 17.5 Å². The Kier molecular flexibility index (Phi) is 8.75. The van der Waals surface area contributed by atoms with Gasteiger partial charge in [0.25, 0.3) is 0 Å². The molecule has 1 aliphatic heterocycles. The molecule has 0 fully saturated rings. The zero-order chi connectivity index (χ0) is 37.3. The molecule has 2 heterocycles. The first-order chi connectivity index (χ1) is 27.8. The minimum absolute atomic E-state index is 0.600. The largest absolute Gasteiger partial charge is 0.307 e. The van der Waals surface area contributed by atoms with E-state index in [-0.39, 0.29) is 0 Å². The molecule has 0 unspecified atom stereocenters. The molecule has 0 radical (unpaired) electrons. The van der Waals surface area contributed by atoms with E-state index in [4.69, 9.17) is 15.0 Å². The summed E-state index contributed by atoms with van der Waals surface area (Å²) in [4.78, 5) is 20.4. The molecule has 0 atom stereocenters. The Labute approximate surface area is 330 Å². The summed E-state index contributed by atoms with van der Waals surface area (Å²) in [6.45, 7) is 0. The lowest BCUT2D eigenvalue weighted by atomic mass is 9.90.